The van der Waals surface area contributed by atoms with Gasteiger partial charge < -0.3 is 14.9 Å². The molecule has 0 aromatic carbocycles. The topological polar surface area (TPSA) is 83.8 Å². The average molecular weight is 274 g/mol. The van der Waals surface area contributed by atoms with Crippen LogP contribution in [0.3, 0.4) is 0 Å². The van der Waals surface area contributed by atoms with Gasteiger partial charge in [0.05, 0.1) is 19.1 Å². The molecule has 0 heterocycles. The van der Waals surface area contributed by atoms with Crippen LogP contribution in [0.1, 0.15) is 53.9 Å². The van der Waals surface area contributed by atoms with E-state index in [0.29, 0.717) is 0 Å². The molecule has 0 saturated carbocycles. The van der Waals surface area contributed by atoms with Crippen LogP contribution >= 0.6 is 0 Å². The van der Waals surface area contributed by atoms with E-state index in [4.69, 9.17) is 0 Å². The van der Waals surface area contributed by atoms with Gasteiger partial charge in [0.25, 0.3) is 0 Å². The fourth-order valence-electron chi connectivity index (χ4n) is 1.80. The second kappa shape index (κ2) is 6.01. The van der Waals surface area contributed by atoms with Crippen LogP contribution in [0.25, 0.3) is 0 Å². The van der Waals surface area contributed by atoms with Crippen LogP contribution in [0.5, 0.6) is 0 Å². The minimum atomic E-state index is -1.80. The Kier molecular flexibility index (Phi) is 5.71. The van der Waals surface area contributed by atoms with Crippen molar-refractivity contribution in [2.45, 2.75) is 65.1 Å². The number of Topliss-reactive ketones (excluding diaryl/α,β-unsaturated/α-hetero) is 1. The summed E-state index contributed by atoms with van der Waals surface area (Å²) in [6.07, 6.45) is -0.167. The average Bonchev–Trinajstić information content (AvgIpc) is 2.23. The maximum Gasteiger partial charge on any atom is 0.308 e. The standard InChI is InChI=1S/C14H26O5/c1-12(2,3)11(16)14(18,9-10(15)19-6)8-7-13(4,5)17/h17-18H,7-9H2,1-6H3. The van der Waals surface area contributed by atoms with Gasteiger partial charge >= 0.3 is 5.97 Å². The molecular formula is C14H26O5. The van der Waals surface area contributed by atoms with E-state index in [9.17, 15) is 19.8 Å². The molecule has 1 atom stereocenters. The van der Waals surface area contributed by atoms with Gasteiger partial charge in [0.15, 0.2) is 5.78 Å². The largest absolute Gasteiger partial charge is 0.469 e. The number of hydrogen-bond acceptors (Lipinski definition) is 5. The Morgan fingerprint density at radius 1 is 1.00 bits per heavy atom. The van der Waals surface area contributed by atoms with E-state index >= 15 is 0 Å². The van der Waals surface area contributed by atoms with Gasteiger partial charge in [-0.1, -0.05) is 20.8 Å². The molecule has 0 spiro atoms. The van der Waals surface area contributed by atoms with Gasteiger partial charge in [-0.25, -0.2) is 0 Å². The highest BCUT2D eigenvalue weighted by molar-refractivity contribution is 5.94. The third kappa shape index (κ3) is 6.16. The van der Waals surface area contributed by atoms with Crippen LogP contribution in [-0.2, 0) is 14.3 Å². The zero-order valence-corrected chi connectivity index (χ0v) is 12.7. The zero-order valence-electron chi connectivity index (χ0n) is 12.7. The van der Waals surface area contributed by atoms with Crippen molar-refractivity contribution in [1.29, 1.82) is 0 Å². The van der Waals surface area contributed by atoms with Crippen molar-refractivity contribution in [3.63, 3.8) is 0 Å². The molecule has 5 heteroatoms. The predicted octanol–water partition coefficient (Wildman–Crippen LogP) is 1.45. The van der Waals surface area contributed by atoms with Crippen molar-refractivity contribution in [2.75, 3.05) is 7.11 Å². The normalized spacial score (nSPS) is 15.8. The van der Waals surface area contributed by atoms with E-state index < -0.39 is 34.8 Å². The number of carbonyl (C=O) groups is 2. The Hall–Kier alpha value is -0.940. The first-order valence-corrected chi connectivity index (χ1v) is 6.38. The highest BCUT2D eigenvalue weighted by Gasteiger charge is 2.44. The fourth-order valence-corrected chi connectivity index (χ4v) is 1.80. The van der Waals surface area contributed by atoms with Crippen molar-refractivity contribution in [1.82, 2.24) is 0 Å². The van der Waals surface area contributed by atoms with E-state index in [1.165, 1.54) is 7.11 Å². The summed E-state index contributed by atoms with van der Waals surface area (Å²) in [5, 5.41) is 20.2. The summed E-state index contributed by atoms with van der Waals surface area (Å²) in [4.78, 5) is 23.7. The zero-order chi connectivity index (χ0) is 15.5. The molecule has 0 aliphatic rings. The summed E-state index contributed by atoms with van der Waals surface area (Å²) in [5.74, 6) is -1.06. The third-order valence-electron chi connectivity index (χ3n) is 2.92. The molecular weight excluding hydrogens is 248 g/mol. The molecule has 112 valence electrons. The summed E-state index contributed by atoms with van der Waals surface area (Å²) in [6, 6.07) is 0. The maximum absolute atomic E-state index is 12.3. The van der Waals surface area contributed by atoms with Gasteiger partial charge in [-0.3, -0.25) is 9.59 Å². The van der Waals surface area contributed by atoms with E-state index in [2.05, 4.69) is 4.74 Å². The predicted molar refractivity (Wildman–Crippen MR) is 71.6 cm³/mol. The van der Waals surface area contributed by atoms with Crippen LogP contribution in [0.15, 0.2) is 0 Å². The van der Waals surface area contributed by atoms with Crippen LogP contribution in [-0.4, -0.2) is 40.3 Å². The van der Waals surface area contributed by atoms with E-state index in [1.54, 1.807) is 34.6 Å². The maximum atomic E-state index is 12.3. The summed E-state index contributed by atoms with van der Waals surface area (Å²) in [6.45, 7) is 8.23. The Balaban J connectivity index is 5.13. The Bertz CT molecular complexity index is 335. The van der Waals surface area contributed by atoms with Crippen LogP contribution in [0.2, 0.25) is 0 Å². The third-order valence-corrected chi connectivity index (χ3v) is 2.92. The van der Waals surface area contributed by atoms with E-state index in [1.807, 2.05) is 0 Å². The molecule has 1 unspecified atom stereocenters. The number of rotatable bonds is 6. The van der Waals surface area contributed by atoms with Gasteiger partial charge in [-0.2, -0.15) is 0 Å². The molecule has 0 aromatic rings. The van der Waals surface area contributed by atoms with Crippen molar-refractivity contribution >= 4 is 11.8 Å². The number of methoxy groups -OCH3 is 1. The monoisotopic (exact) mass is 274 g/mol. The van der Waals surface area contributed by atoms with Crippen LogP contribution in [0.4, 0.5) is 0 Å². The van der Waals surface area contributed by atoms with Crippen molar-refractivity contribution in [2.24, 2.45) is 5.41 Å². The lowest BCUT2D eigenvalue weighted by Crippen LogP contribution is -2.48. The summed E-state index contributed by atoms with van der Waals surface area (Å²) < 4.78 is 4.53. The second-order valence-electron chi connectivity index (χ2n) is 6.68. The molecule has 0 aromatic heterocycles. The molecule has 0 rings (SSSR count). The number of carbonyl (C=O) groups excluding carboxylic acids is 2. The Morgan fingerprint density at radius 2 is 1.47 bits per heavy atom. The van der Waals surface area contributed by atoms with Crippen LogP contribution < -0.4 is 0 Å². The number of esters is 1. The first-order valence-electron chi connectivity index (χ1n) is 6.38. The highest BCUT2D eigenvalue weighted by Crippen LogP contribution is 2.31. The molecule has 5 nitrogen and oxygen atoms in total. The van der Waals surface area contributed by atoms with E-state index in [0.717, 1.165) is 0 Å². The van der Waals surface area contributed by atoms with Crippen molar-refractivity contribution < 1.29 is 24.5 Å². The highest BCUT2D eigenvalue weighted by atomic mass is 16.5. The van der Waals surface area contributed by atoms with Crippen molar-refractivity contribution in [3.8, 4) is 0 Å². The minimum Gasteiger partial charge on any atom is -0.469 e. The summed E-state index contributed by atoms with van der Waals surface area (Å²) in [5.41, 5.74) is -3.59. The smallest absolute Gasteiger partial charge is 0.308 e. The van der Waals surface area contributed by atoms with Crippen molar-refractivity contribution in [3.05, 3.63) is 0 Å². The molecule has 0 aliphatic heterocycles. The van der Waals surface area contributed by atoms with Gasteiger partial charge in [0, 0.05) is 5.41 Å². The fraction of sp³-hybridized carbons (Fsp3) is 0.857. The SMILES string of the molecule is COC(=O)CC(O)(CCC(C)(C)O)C(=O)C(C)(C)C. The van der Waals surface area contributed by atoms with E-state index in [-0.39, 0.29) is 12.8 Å². The van der Waals surface area contributed by atoms with Gasteiger partial charge in [0.2, 0.25) is 0 Å². The number of ketones is 1. The molecule has 19 heavy (non-hydrogen) atoms. The van der Waals surface area contributed by atoms with Gasteiger partial charge in [-0.05, 0) is 26.7 Å². The lowest BCUT2D eigenvalue weighted by Gasteiger charge is -2.33. The molecule has 0 aliphatic carbocycles. The number of ether oxygens (including phenoxy) is 1. The minimum absolute atomic E-state index is 0.0156. The van der Waals surface area contributed by atoms with Gasteiger partial charge in [0.1, 0.15) is 5.60 Å². The second-order valence-corrected chi connectivity index (χ2v) is 6.68. The molecule has 0 amide bonds. The first kappa shape index (κ1) is 18.1. The number of hydrogen-bond donors (Lipinski definition) is 2. The molecule has 0 fully saturated rings. The molecule has 0 bridgehead atoms. The van der Waals surface area contributed by atoms with Gasteiger partial charge in [-0.15, -0.1) is 0 Å². The lowest BCUT2D eigenvalue weighted by atomic mass is 9.75. The Morgan fingerprint density at radius 3 is 1.79 bits per heavy atom. The Labute approximate surface area is 115 Å². The molecule has 0 radical (unpaired) electrons. The number of aliphatic hydroxyl groups is 2. The summed E-state index contributed by atoms with van der Waals surface area (Å²) >= 11 is 0. The molecule has 0 saturated heterocycles. The quantitative estimate of drug-likeness (QED) is 0.716. The van der Waals surface area contributed by atoms with Crippen LogP contribution in [0, 0.1) is 5.41 Å². The first-order chi connectivity index (χ1) is 8.32. The lowest BCUT2D eigenvalue weighted by molar-refractivity contribution is -0.159. The molecule has 2 N–H and O–H groups in total. The summed E-state index contributed by atoms with van der Waals surface area (Å²) in [7, 11) is 1.21.